The van der Waals surface area contributed by atoms with Gasteiger partial charge in [0.05, 0.1) is 22.1 Å². The molecule has 0 spiro atoms. The first-order chi connectivity index (χ1) is 12.5. The van der Waals surface area contributed by atoms with Gasteiger partial charge in [-0.3, -0.25) is 4.79 Å². The first-order valence-corrected chi connectivity index (χ1v) is 8.63. The van der Waals surface area contributed by atoms with Gasteiger partial charge in [0, 0.05) is 6.08 Å². The molecule has 0 saturated carbocycles. The predicted molar refractivity (Wildman–Crippen MR) is 86.9 cm³/mol. The molecular weight excluding hydrogens is 388 g/mol. The number of halogens is 4. The summed E-state index contributed by atoms with van der Waals surface area (Å²) in [5.41, 5.74) is -1.58. The van der Waals surface area contributed by atoms with Crippen molar-refractivity contribution in [2.75, 3.05) is 0 Å². The molecule has 0 aromatic heterocycles. The van der Waals surface area contributed by atoms with Crippen molar-refractivity contribution >= 4 is 22.0 Å². The molecule has 0 fully saturated rings. The zero-order valence-corrected chi connectivity index (χ0v) is 14.1. The Morgan fingerprint density at radius 2 is 1.74 bits per heavy atom. The smallest absolute Gasteiger partial charge is 0.269 e. The number of alkyl halides is 3. The second kappa shape index (κ2) is 7.59. The number of carbonyl (C=O) groups is 1. The van der Waals surface area contributed by atoms with E-state index in [-0.39, 0.29) is 5.56 Å². The molecule has 10 heteroatoms. The van der Waals surface area contributed by atoms with Gasteiger partial charge in [-0.1, -0.05) is 12.1 Å². The Labute approximate surface area is 151 Å². The number of hydrogen-bond donors (Lipinski definition) is 1. The van der Waals surface area contributed by atoms with Gasteiger partial charge in [0.2, 0.25) is 0 Å². The van der Waals surface area contributed by atoms with Gasteiger partial charge in [0.25, 0.3) is 15.9 Å². The average Bonchev–Trinajstić information content (AvgIpc) is 2.59. The monoisotopic (exact) mass is 398 g/mol. The maximum atomic E-state index is 13.1. The fourth-order valence-electron chi connectivity index (χ4n) is 2.02. The van der Waals surface area contributed by atoms with Gasteiger partial charge in [-0.2, -0.15) is 18.4 Å². The summed E-state index contributed by atoms with van der Waals surface area (Å²) in [6.07, 6.45) is -3.11. The van der Waals surface area contributed by atoms with Gasteiger partial charge in [-0.25, -0.2) is 17.5 Å². The molecule has 0 radical (unpaired) electrons. The molecule has 0 heterocycles. The van der Waals surface area contributed by atoms with Crippen LogP contribution in [0.4, 0.5) is 17.6 Å². The minimum atomic E-state index is -5.05. The van der Waals surface area contributed by atoms with Crippen LogP contribution in [0.2, 0.25) is 0 Å². The second-order valence-corrected chi connectivity index (χ2v) is 6.83. The van der Waals surface area contributed by atoms with Gasteiger partial charge < -0.3 is 0 Å². The summed E-state index contributed by atoms with van der Waals surface area (Å²) in [6.45, 7) is 0. The summed E-state index contributed by atoms with van der Waals surface area (Å²) in [7, 11) is -4.85. The first kappa shape index (κ1) is 20.1. The molecule has 1 amide bonds. The van der Waals surface area contributed by atoms with Crippen LogP contribution in [-0.2, 0) is 21.0 Å². The molecule has 2 aromatic rings. The van der Waals surface area contributed by atoms with Crippen LogP contribution in [-0.4, -0.2) is 14.3 Å². The SMILES string of the molecule is N#Cc1ccc(S(=O)(=O)NC(=O)/C=C/c2ccc(F)cc2)c(C(F)(F)F)c1. The van der Waals surface area contributed by atoms with E-state index < -0.39 is 38.4 Å². The summed E-state index contributed by atoms with van der Waals surface area (Å²) >= 11 is 0. The summed E-state index contributed by atoms with van der Waals surface area (Å²) < 4.78 is 77.9. The summed E-state index contributed by atoms with van der Waals surface area (Å²) in [5.74, 6) is -1.71. The number of nitrogens with zero attached hydrogens (tertiary/aromatic N) is 1. The lowest BCUT2D eigenvalue weighted by molar-refractivity contribution is -0.140. The van der Waals surface area contributed by atoms with Gasteiger partial charge >= 0.3 is 6.18 Å². The van der Waals surface area contributed by atoms with Crippen molar-refractivity contribution in [3.63, 3.8) is 0 Å². The number of benzene rings is 2. The van der Waals surface area contributed by atoms with E-state index >= 15 is 0 Å². The summed E-state index contributed by atoms with van der Waals surface area (Å²) in [5, 5.41) is 8.69. The Bertz CT molecular complexity index is 1040. The lowest BCUT2D eigenvalue weighted by Gasteiger charge is -2.13. The maximum Gasteiger partial charge on any atom is 0.417 e. The van der Waals surface area contributed by atoms with Gasteiger partial charge in [0.15, 0.2) is 0 Å². The van der Waals surface area contributed by atoms with Crippen LogP contribution in [0.15, 0.2) is 53.4 Å². The minimum Gasteiger partial charge on any atom is -0.269 e. The molecule has 5 nitrogen and oxygen atoms in total. The van der Waals surface area contributed by atoms with E-state index in [1.807, 2.05) is 0 Å². The third-order valence-electron chi connectivity index (χ3n) is 3.24. The average molecular weight is 398 g/mol. The zero-order valence-electron chi connectivity index (χ0n) is 13.3. The highest BCUT2D eigenvalue weighted by atomic mass is 32.2. The standard InChI is InChI=1S/C17H10F4N2O3S/c18-13-5-1-11(2-6-13)4-8-16(24)23-27(25,26)15-7-3-12(10-22)9-14(15)17(19,20)21/h1-9H,(H,23,24)/b8-4+. The number of nitriles is 1. The summed E-state index contributed by atoms with van der Waals surface area (Å²) in [6, 6.07) is 8.21. The highest BCUT2D eigenvalue weighted by Gasteiger charge is 2.37. The number of carbonyl (C=O) groups excluding carboxylic acids is 1. The van der Waals surface area contributed by atoms with Gasteiger partial charge in [-0.05, 0) is 42.0 Å². The Morgan fingerprint density at radius 3 is 2.30 bits per heavy atom. The van der Waals surface area contributed by atoms with E-state index in [9.17, 15) is 30.8 Å². The lowest BCUT2D eigenvalue weighted by Crippen LogP contribution is -2.30. The molecule has 0 aliphatic carbocycles. The van der Waals surface area contributed by atoms with E-state index in [1.54, 1.807) is 0 Å². The Hall–Kier alpha value is -3.19. The zero-order chi connectivity index (χ0) is 20.2. The molecule has 0 unspecified atom stereocenters. The van der Waals surface area contributed by atoms with Gasteiger partial charge in [-0.15, -0.1) is 0 Å². The van der Waals surface area contributed by atoms with Crippen LogP contribution in [0.25, 0.3) is 6.08 Å². The largest absolute Gasteiger partial charge is 0.417 e. The number of nitrogens with one attached hydrogen (secondary N) is 1. The molecular formula is C17H10F4N2O3S. The fraction of sp³-hybridized carbons (Fsp3) is 0.0588. The third-order valence-corrected chi connectivity index (χ3v) is 4.64. The molecule has 2 rings (SSSR count). The molecule has 0 saturated heterocycles. The van der Waals surface area contributed by atoms with E-state index in [4.69, 9.17) is 5.26 Å². The highest BCUT2D eigenvalue weighted by Crippen LogP contribution is 2.34. The van der Waals surface area contributed by atoms with Crippen molar-refractivity contribution < 1.29 is 30.8 Å². The molecule has 0 aliphatic rings. The maximum absolute atomic E-state index is 13.1. The molecule has 0 bridgehead atoms. The number of amides is 1. The first-order valence-electron chi connectivity index (χ1n) is 7.15. The van der Waals surface area contributed by atoms with Crippen LogP contribution in [0.1, 0.15) is 16.7 Å². The van der Waals surface area contributed by atoms with Crippen LogP contribution in [0, 0.1) is 17.1 Å². The highest BCUT2D eigenvalue weighted by molar-refractivity contribution is 7.90. The number of hydrogen-bond acceptors (Lipinski definition) is 4. The van der Waals surface area contributed by atoms with Crippen LogP contribution in [0.3, 0.4) is 0 Å². The predicted octanol–water partition coefficient (Wildman–Crippen LogP) is 3.23. The van der Waals surface area contributed by atoms with Crippen LogP contribution >= 0.6 is 0 Å². The topological polar surface area (TPSA) is 87.0 Å². The van der Waals surface area contributed by atoms with E-state index in [2.05, 4.69) is 0 Å². The van der Waals surface area contributed by atoms with E-state index in [0.29, 0.717) is 17.7 Å². The van der Waals surface area contributed by atoms with Crippen molar-refractivity contribution in [3.8, 4) is 6.07 Å². The molecule has 2 aromatic carbocycles. The Kier molecular flexibility index (Phi) is 5.66. The Balaban J connectivity index is 2.30. The quantitative estimate of drug-likeness (QED) is 0.633. The normalized spacial score (nSPS) is 12.0. The van der Waals surface area contributed by atoms with Crippen molar-refractivity contribution in [3.05, 3.63) is 71.0 Å². The van der Waals surface area contributed by atoms with Crippen LogP contribution in [0.5, 0.6) is 0 Å². The third kappa shape index (κ3) is 5.15. The fourth-order valence-corrected chi connectivity index (χ4v) is 3.18. The molecule has 140 valence electrons. The van der Waals surface area contributed by atoms with Crippen molar-refractivity contribution in [1.82, 2.24) is 4.72 Å². The molecule has 27 heavy (non-hydrogen) atoms. The molecule has 0 aliphatic heterocycles. The molecule has 0 atom stereocenters. The van der Waals surface area contributed by atoms with Gasteiger partial charge in [0.1, 0.15) is 5.82 Å². The minimum absolute atomic E-state index is 0.373. The Morgan fingerprint density at radius 1 is 1.11 bits per heavy atom. The second-order valence-electron chi connectivity index (χ2n) is 5.18. The van der Waals surface area contributed by atoms with Crippen LogP contribution < -0.4 is 4.72 Å². The number of rotatable bonds is 4. The number of sulfonamides is 1. The van der Waals surface area contributed by atoms with Crippen molar-refractivity contribution in [2.45, 2.75) is 11.1 Å². The van der Waals surface area contributed by atoms with Crippen molar-refractivity contribution in [2.24, 2.45) is 0 Å². The summed E-state index contributed by atoms with van der Waals surface area (Å²) in [4.78, 5) is 10.6. The molecule has 1 N–H and O–H groups in total. The lowest BCUT2D eigenvalue weighted by atomic mass is 10.1. The van der Waals surface area contributed by atoms with E-state index in [1.165, 1.54) is 22.9 Å². The van der Waals surface area contributed by atoms with E-state index in [0.717, 1.165) is 30.4 Å². The van der Waals surface area contributed by atoms with Crippen molar-refractivity contribution in [1.29, 1.82) is 5.26 Å².